The topological polar surface area (TPSA) is 52.6 Å². The third kappa shape index (κ3) is 5.11. The monoisotopic (exact) mass is 304 g/mol. The second kappa shape index (κ2) is 8.30. The molecule has 0 bridgehead atoms. The smallest absolute Gasteiger partial charge is 0.234 e. The van der Waals surface area contributed by atoms with Crippen LogP contribution in [0.1, 0.15) is 30.9 Å². The van der Waals surface area contributed by atoms with Crippen LogP contribution < -0.4 is 5.32 Å². The molecule has 1 aromatic rings. The molecule has 0 aromatic heterocycles. The van der Waals surface area contributed by atoms with Crippen LogP contribution in [0.2, 0.25) is 0 Å². The lowest BCUT2D eigenvalue weighted by Gasteiger charge is -2.30. The zero-order valence-corrected chi connectivity index (χ0v) is 13.7. The lowest BCUT2D eigenvalue weighted by Crippen LogP contribution is -2.44. The molecule has 1 unspecified atom stereocenters. The number of carbonyl (C=O) groups is 1. The predicted octanol–water partition coefficient (Wildman–Crippen LogP) is 1.75. The highest BCUT2D eigenvalue weighted by molar-refractivity contribution is 5.78. The van der Waals surface area contributed by atoms with Gasteiger partial charge in [0.15, 0.2) is 0 Å². The van der Waals surface area contributed by atoms with E-state index in [0.717, 1.165) is 32.4 Å². The number of likely N-dealkylation sites (tertiary alicyclic amines) is 1. The number of aryl methyl sites for hydroxylation is 1. The van der Waals surface area contributed by atoms with E-state index >= 15 is 0 Å². The Hall–Kier alpha value is -1.39. The van der Waals surface area contributed by atoms with Gasteiger partial charge in [-0.25, -0.2) is 0 Å². The lowest BCUT2D eigenvalue weighted by atomic mass is 9.98. The highest BCUT2D eigenvalue weighted by Gasteiger charge is 2.20. The van der Waals surface area contributed by atoms with Crippen molar-refractivity contribution in [3.63, 3.8) is 0 Å². The molecule has 1 atom stereocenters. The minimum absolute atomic E-state index is 0.100. The first kappa shape index (κ1) is 17.0. The van der Waals surface area contributed by atoms with Gasteiger partial charge in [0.25, 0.3) is 0 Å². The fraction of sp³-hybridized carbons (Fsp3) is 0.611. The molecule has 4 heteroatoms. The normalized spacial score (nSPS) is 18.1. The highest BCUT2D eigenvalue weighted by Crippen LogP contribution is 2.16. The van der Waals surface area contributed by atoms with Gasteiger partial charge in [0.2, 0.25) is 5.91 Å². The van der Waals surface area contributed by atoms with Crippen LogP contribution in [0.25, 0.3) is 0 Å². The van der Waals surface area contributed by atoms with Crippen molar-refractivity contribution in [2.75, 3.05) is 26.2 Å². The Morgan fingerprint density at radius 2 is 2.05 bits per heavy atom. The molecule has 1 heterocycles. The summed E-state index contributed by atoms with van der Waals surface area (Å²) in [5.74, 6) is 0.517. The fourth-order valence-corrected chi connectivity index (χ4v) is 3.07. The molecule has 1 saturated heterocycles. The van der Waals surface area contributed by atoms with Gasteiger partial charge in [-0.2, -0.15) is 0 Å². The van der Waals surface area contributed by atoms with Gasteiger partial charge in [-0.05, 0) is 63.2 Å². The number of nitrogens with zero attached hydrogens (tertiary/aromatic N) is 1. The van der Waals surface area contributed by atoms with Crippen LogP contribution in [0.5, 0.6) is 0 Å². The minimum Gasteiger partial charge on any atom is -0.396 e. The maximum Gasteiger partial charge on any atom is 0.234 e. The third-order valence-electron chi connectivity index (χ3n) is 4.53. The van der Waals surface area contributed by atoms with Crippen molar-refractivity contribution in [3.8, 4) is 0 Å². The average Bonchev–Trinajstić information content (AvgIpc) is 2.50. The summed E-state index contributed by atoms with van der Waals surface area (Å²) >= 11 is 0. The molecule has 22 heavy (non-hydrogen) atoms. The van der Waals surface area contributed by atoms with Gasteiger partial charge in [-0.1, -0.05) is 24.3 Å². The fourth-order valence-electron chi connectivity index (χ4n) is 3.07. The number of rotatable bonds is 6. The Morgan fingerprint density at radius 1 is 1.36 bits per heavy atom. The van der Waals surface area contributed by atoms with Gasteiger partial charge in [0.05, 0.1) is 6.54 Å². The van der Waals surface area contributed by atoms with Crippen LogP contribution in [-0.2, 0) is 11.2 Å². The van der Waals surface area contributed by atoms with E-state index in [4.69, 9.17) is 5.11 Å². The molecule has 1 fully saturated rings. The van der Waals surface area contributed by atoms with Crippen LogP contribution >= 0.6 is 0 Å². The molecular weight excluding hydrogens is 276 g/mol. The molecule has 122 valence electrons. The summed E-state index contributed by atoms with van der Waals surface area (Å²) in [4.78, 5) is 14.3. The van der Waals surface area contributed by atoms with Crippen LogP contribution in [0.4, 0.5) is 0 Å². The number of amides is 1. The number of piperidine rings is 1. The van der Waals surface area contributed by atoms with Crippen molar-refractivity contribution in [3.05, 3.63) is 35.4 Å². The van der Waals surface area contributed by atoms with E-state index < -0.39 is 0 Å². The molecule has 0 saturated carbocycles. The highest BCUT2D eigenvalue weighted by atomic mass is 16.3. The molecule has 4 nitrogen and oxygen atoms in total. The first-order chi connectivity index (χ1) is 10.6. The Balaban J connectivity index is 1.74. The second-order valence-corrected chi connectivity index (χ2v) is 6.50. The summed E-state index contributed by atoms with van der Waals surface area (Å²) in [5, 5.41) is 12.2. The first-order valence-corrected chi connectivity index (χ1v) is 8.25. The van der Waals surface area contributed by atoms with E-state index in [2.05, 4.69) is 36.2 Å². The summed E-state index contributed by atoms with van der Waals surface area (Å²) in [5.41, 5.74) is 2.56. The molecule has 0 aliphatic carbocycles. The van der Waals surface area contributed by atoms with Gasteiger partial charge >= 0.3 is 0 Å². The van der Waals surface area contributed by atoms with Crippen molar-refractivity contribution in [2.24, 2.45) is 5.92 Å². The molecule has 0 spiro atoms. The molecule has 1 aliphatic rings. The maximum atomic E-state index is 12.1. The Labute approximate surface area is 133 Å². The Kier molecular flexibility index (Phi) is 6.40. The summed E-state index contributed by atoms with van der Waals surface area (Å²) in [6.45, 7) is 6.72. The third-order valence-corrected chi connectivity index (χ3v) is 4.53. The average molecular weight is 304 g/mol. The first-order valence-electron chi connectivity index (χ1n) is 8.25. The molecule has 1 amide bonds. The van der Waals surface area contributed by atoms with Gasteiger partial charge in [-0.15, -0.1) is 0 Å². The molecule has 0 radical (unpaired) electrons. The summed E-state index contributed by atoms with van der Waals surface area (Å²) in [6.07, 6.45) is 2.84. The van der Waals surface area contributed by atoms with E-state index in [1.54, 1.807) is 0 Å². The van der Waals surface area contributed by atoms with Crippen molar-refractivity contribution in [1.82, 2.24) is 10.2 Å². The van der Waals surface area contributed by atoms with E-state index in [-0.39, 0.29) is 18.6 Å². The lowest BCUT2D eigenvalue weighted by molar-refractivity contribution is -0.123. The van der Waals surface area contributed by atoms with E-state index in [9.17, 15) is 4.79 Å². The van der Waals surface area contributed by atoms with E-state index in [1.807, 2.05) is 12.1 Å². The molecule has 2 N–H and O–H groups in total. The summed E-state index contributed by atoms with van der Waals surface area (Å²) in [6, 6.07) is 8.45. The van der Waals surface area contributed by atoms with Crippen molar-refractivity contribution in [2.45, 2.75) is 39.2 Å². The van der Waals surface area contributed by atoms with Gasteiger partial charge < -0.3 is 10.4 Å². The Morgan fingerprint density at radius 3 is 2.68 bits per heavy atom. The number of carbonyl (C=O) groups excluding carboxylic acids is 1. The van der Waals surface area contributed by atoms with Gasteiger partial charge in [-0.3, -0.25) is 9.69 Å². The summed E-state index contributed by atoms with van der Waals surface area (Å²) in [7, 11) is 0. The summed E-state index contributed by atoms with van der Waals surface area (Å²) < 4.78 is 0. The van der Waals surface area contributed by atoms with Crippen molar-refractivity contribution in [1.29, 1.82) is 0 Å². The maximum absolute atomic E-state index is 12.1. The minimum atomic E-state index is 0.100. The van der Waals surface area contributed by atoms with E-state index in [0.29, 0.717) is 12.5 Å². The number of nitrogens with one attached hydrogen (secondary N) is 1. The van der Waals surface area contributed by atoms with Crippen LogP contribution in [0, 0.1) is 12.8 Å². The zero-order valence-electron chi connectivity index (χ0n) is 13.7. The zero-order chi connectivity index (χ0) is 15.9. The molecule has 2 rings (SSSR count). The van der Waals surface area contributed by atoms with Crippen LogP contribution in [0.15, 0.2) is 24.3 Å². The van der Waals surface area contributed by atoms with Gasteiger partial charge in [0.1, 0.15) is 0 Å². The van der Waals surface area contributed by atoms with Crippen molar-refractivity contribution < 1.29 is 9.90 Å². The predicted molar refractivity (Wildman–Crippen MR) is 88.7 cm³/mol. The SMILES string of the molecule is Cc1ccccc1CC(C)NC(=O)CN1CCC(CO)CC1. The Bertz CT molecular complexity index is 482. The second-order valence-electron chi connectivity index (χ2n) is 6.50. The number of aliphatic hydroxyl groups excluding tert-OH is 1. The number of hydrogen-bond donors (Lipinski definition) is 2. The van der Waals surface area contributed by atoms with Crippen molar-refractivity contribution >= 4 is 5.91 Å². The molecule has 1 aliphatic heterocycles. The molecule has 1 aromatic carbocycles. The number of benzene rings is 1. The molecular formula is C18H28N2O2. The van der Waals surface area contributed by atoms with Crippen LogP contribution in [0.3, 0.4) is 0 Å². The van der Waals surface area contributed by atoms with Gasteiger partial charge in [0, 0.05) is 12.6 Å². The standard InChI is InChI=1S/C18H28N2O2/c1-14-5-3-4-6-17(14)11-15(2)19-18(22)12-20-9-7-16(13-21)8-10-20/h3-6,15-16,21H,7-13H2,1-2H3,(H,19,22). The quantitative estimate of drug-likeness (QED) is 0.842. The largest absolute Gasteiger partial charge is 0.396 e. The van der Waals surface area contributed by atoms with Crippen LogP contribution in [-0.4, -0.2) is 48.2 Å². The number of aliphatic hydroxyl groups is 1. The van der Waals surface area contributed by atoms with E-state index in [1.165, 1.54) is 11.1 Å². The number of hydrogen-bond acceptors (Lipinski definition) is 3.